The molecule has 21 heavy (non-hydrogen) atoms. The van der Waals surface area contributed by atoms with E-state index in [9.17, 15) is 18.0 Å². The summed E-state index contributed by atoms with van der Waals surface area (Å²) in [6, 6.07) is 8.04. The third kappa shape index (κ3) is 3.53. The minimum absolute atomic E-state index is 0.00878. The van der Waals surface area contributed by atoms with Gasteiger partial charge in [-0.1, -0.05) is 18.2 Å². The average Bonchev–Trinajstić information content (AvgIpc) is 2.45. The van der Waals surface area contributed by atoms with E-state index >= 15 is 0 Å². The van der Waals surface area contributed by atoms with E-state index in [1.165, 1.54) is 31.2 Å². The molecule has 0 aliphatic carbocycles. The molecular weight excluding hydrogens is 281 g/mol. The van der Waals surface area contributed by atoms with Crippen molar-refractivity contribution in [3.05, 3.63) is 59.4 Å². The van der Waals surface area contributed by atoms with Gasteiger partial charge in [0.15, 0.2) is 5.82 Å². The van der Waals surface area contributed by atoms with Gasteiger partial charge in [-0.15, -0.1) is 0 Å². The van der Waals surface area contributed by atoms with Crippen LogP contribution in [-0.4, -0.2) is 12.5 Å². The molecule has 6 heteroatoms. The Morgan fingerprint density at radius 3 is 2.48 bits per heavy atom. The van der Waals surface area contributed by atoms with Gasteiger partial charge in [0, 0.05) is 0 Å². The van der Waals surface area contributed by atoms with E-state index in [0.717, 1.165) is 6.07 Å². The maximum absolute atomic E-state index is 13.7. The Kier molecular flexibility index (Phi) is 4.47. The summed E-state index contributed by atoms with van der Waals surface area (Å²) in [6.07, 6.45) is 0. The number of halogens is 3. The van der Waals surface area contributed by atoms with Crippen LogP contribution >= 0.6 is 0 Å². The molecule has 0 heterocycles. The Morgan fingerprint density at radius 1 is 1.05 bits per heavy atom. The van der Waals surface area contributed by atoms with E-state index in [1.807, 2.05) is 0 Å². The van der Waals surface area contributed by atoms with E-state index in [0.29, 0.717) is 0 Å². The van der Waals surface area contributed by atoms with Crippen LogP contribution in [0.4, 0.5) is 24.5 Å². The molecule has 0 fully saturated rings. The van der Waals surface area contributed by atoms with Crippen molar-refractivity contribution in [3.63, 3.8) is 0 Å². The number of nitrogens with one attached hydrogen (secondary N) is 2. The highest BCUT2D eigenvalue weighted by Crippen LogP contribution is 2.21. The maximum Gasteiger partial charge on any atom is 0.243 e. The molecule has 0 spiro atoms. The van der Waals surface area contributed by atoms with E-state index < -0.39 is 23.4 Å². The molecule has 0 aliphatic heterocycles. The Hall–Kier alpha value is -2.50. The predicted molar refractivity (Wildman–Crippen MR) is 74.6 cm³/mol. The number of amides is 1. The summed E-state index contributed by atoms with van der Waals surface area (Å²) in [4.78, 5) is 11.7. The van der Waals surface area contributed by atoms with Crippen molar-refractivity contribution in [1.29, 1.82) is 0 Å². The first-order valence-electron chi connectivity index (χ1n) is 6.22. The number of carbonyl (C=O) groups excluding carboxylic acids is 1. The molecule has 0 aromatic heterocycles. The first kappa shape index (κ1) is 14.9. The lowest BCUT2D eigenvalue weighted by Gasteiger charge is -2.11. The fourth-order valence-corrected chi connectivity index (χ4v) is 1.74. The molecule has 0 radical (unpaired) electrons. The standard InChI is InChI=1S/C15H13F3N2O/c1-9-6-7-11(17)15(14(9)18)19-8-13(21)20-12-5-3-2-4-10(12)16/h2-7,19H,8H2,1H3,(H,20,21). The molecule has 2 aromatic carbocycles. The molecule has 2 aromatic rings. The summed E-state index contributed by atoms with van der Waals surface area (Å²) >= 11 is 0. The second-order valence-corrected chi connectivity index (χ2v) is 4.43. The van der Waals surface area contributed by atoms with E-state index in [4.69, 9.17) is 0 Å². The zero-order chi connectivity index (χ0) is 15.4. The minimum Gasteiger partial charge on any atom is -0.371 e. The van der Waals surface area contributed by atoms with Crippen molar-refractivity contribution < 1.29 is 18.0 Å². The number of anilines is 2. The Labute approximate surface area is 119 Å². The molecule has 0 saturated heterocycles. The average molecular weight is 294 g/mol. The molecular formula is C15H13F3N2O. The largest absolute Gasteiger partial charge is 0.371 e. The van der Waals surface area contributed by atoms with Gasteiger partial charge in [-0.2, -0.15) is 0 Å². The lowest BCUT2D eigenvalue weighted by Crippen LogP contribution is -2.23. The van der Waals surface area contributed by atoms with Crippen LogP contribution in [0.15, 0.2) is 36.4 Å². The maximum atomic E-state index is 13.7. The lowest BCUT2D eigenvalue weighted by atomic mass is 10.2. The van der Waals surface area contributed by atoms with Crippen molar-refractivity contribution in [2.24, 2.45) is 0 Å². The Balaban J connectivity index is 2.02. The van der Waals surface area contributed by atoms with Gasteiger partial charge in [-0.3, -0.25) is 4.79 Å². The summed E-state index contributed by atoms with van der Waals surface area (Å²) in [7, 11) is 0. The highest BCUT2D eigenvalue weighted by molar-refractivity contribution is 5.93. The van der Waals surface area contributed by atoms with Gasteiger partial charge in [-0.25, -0.2) is 13.2 Å². The summed E-state index contributed by atoms with van der Waals surface area (Å²) in [6.45, 7) is 1.10. The monoisotopic (exact) mass is 294 g/mol. The van der Waals surface area contributed by atoms with Crippen LogP contribution in [0.5, 0.6) is 0 Å². The molecule has 110 valence electrons. The number of rotatable bonds is 4. The van der Waals surface area contributed by atoms with Crippen LogP contribution < -0.4 is 10.6 Å². The first-order valence-corrected chi connectivity index (χ1v) is 6.22. The lowest BCUT2D eigenvalue weighted by molar-refractivity contribution is -0.114. The third-order valence-electron chi connectivity index (χ3n) is 2.86. The van der Waals surface area contributed by atoms with Crippen LogP contribution in [0.1, 0.15) is 5.56 Å². The minimum atomic E-state index is -0.795. The number of hydrogen-bond donors (Lipinski definition) is 2. The fourth-order valence-electron chi connectivity index (χ4n) is 1.74. The van der Waals surface area contributed by atoms with Gasteiger partial charge in [0.1, 0.15) is 17.3 Å². The van der Waals surface area contributed by atoms with Crippen LogP contribution in [0.2, 0.25) is 0 Å². The summed E-state index contributed by atoms with van der Waals surface area (Å²) in [5, 5.41) is 4.69. The number of hydrogen-bond acceptors (Lipinski definition) is 2. The molecule has 0 unspecified atom stereocenters. The van der Waals surface area contributed by atoms with Crippen LogP contribution in [-0.2, 0) is 4.79 Å². The molecule has 0 aliphatic rings. The van der Waals surface area contributed by atoms with Gasteiger partial charge < -0.3 is 10.6 Å². The zero-order valence-corrected chi connectivity index (χ0v) is 11.2. The SMILES string of the molecule is Cc1ccc(F)c(NCC(=O)Nc2ccccc2F)c1F. The highest BCUT2D eigenvalue weighted by Gasteiger charge is 2.13. The number of aryl methyl sites for hydroxylation is 1. The normalized spacial score (nSPS) is 10.3. The molecule has 0 atom stereocenters. The Morgan fingerprint density at radius 2 is 1.76 bits per heavy atom. The Bertz CT molecular complexity index is 674. The van der Waals surface area contributed by atoms with Crippen molar-refractivity contribution in [1.82, 2.24) is 0 Å². The van der Waals surface area contributed by atoms with Crippen LogP contribution in [0, 0.1) is 24.4 Å². The van der Waals surface area contributed by atoms with Gasteiger partial charge in [0.25, 0.3) is 0 Å². The summed E-state index contributed by atoms with van der Waals surface area (Å²) in [5.74, 6) is -2.75. The van der Waals surface area contributed by atoms with Crippen molar-refractivity contribution >= 4 is 17.3 Å². The van der Waals surface area contributed by atoms with Gasteiger partial charge in [0.2, 0.25) is 5.91 Å². The van der Waals surface area contributed by atoms with Crippen LogP contribution in [0.3, 0.4) is 0 Å². The topological polar surface area (TPSA) is 41.1 Å². The number of para-hydroxylation sites is 1. The summed E-state index contributed by atoms with van der Waals surface area (Å²) in [5.41, 5.74) is -0.110. The number of benzene rings is 2. The molecule has 2 rings (SSSR count). The van der Waals surface area contributed by atoms with E-state index in [-0.39, 0.29) is 23.5 Å². The first-order chi connectivity index (χ1) is 9.99. The molecule has 2 N–H and O–H groups in total. The van der Waals surface area contributed by atoms with Gasteiger partial charge in [0.05, 0.1) is 12.2 Å². The number of carbonyl (C=O) groups is 1. The van der Waals surface area contributed by atoms with Gasteiger partial charge in [-0.05, 0) is 30.7 Å². The van der Waals surface area contributed by atoms with Crippen LogP contribution in [0.25, 0.3) is 0 Å². The smallest absolute Gasteiger partial charge is 0.243 e. The van der Waals surface area contributed by atoms with E-state index in [1.54, 1.807) is 6.07 Å². The highest BCUT2D eigenvalue weighted by atomic mass is 19.1. The second kappa shape index (κ2) is 6.30. The fraction of sp³-hybridized carbons (Fsp3) is 0.133. The van der Waals surface area contributed by atoms with Crippen molar-refractivity contribution in [2.45, 2.75) is 6.92 Å². The molecule has 3 nitrogen and oxygen atoms in total. The molecule has 0 saturated carbocycles. The molecule has 1 amide bonds. The van der Waals surface area contributed by atoms with Gasteiger partial charge >= 0.3 is 0 Å². The zero-order valence-electron chi connectivity index (χ0n) is 11.2. The van der Waals surface area contributed by atoms with Crippen molar-refractivity contribution in [3.8, 4) is 0 Å². The third-order valence-corrected chi connectivity index (χ3v) is 2.86. The second-order valence-electron chi connectivity index (χ2n) is 4.43. The summed E-state index contributed by atoms with van der Waals surface area (Å²) < 4.78 is 40.5. The van der Waals surface area contributed by atoms with Crippen molar-refractivity contribution in [2.75, 3.05) is 17.2 Å². The van der Waals surface area contributed by atoms with E-state index in [2.05, 4.69) is 10.6 Å². The molecule has 0 bridgehead atoms. The quantitative estimate of drug-likeness (QED) is 0.906. The predicted octanol–water partition coefficient (Wildman–Crippen LogP) is 3.46.